The summed E-state index contributed by atoms with van der Waals surface area (Å²) in [5.41, 5.74) is 5.43. The van der Waals surface area contributed by atoms with Gasteiger partial charge in [0.15, 0.2) is 17.5 Å². The molecule has 2 rings (SSSR count). The molecular weight excluding hydrogens is 247 g/mol. The molecule has 0 saturated carbocycles. The molecule has 1 aliphatic heterocycles. The van der Waals surface area contributed by atoms with E-state index < -0.39 is 0 Å². The third kappa shape index (κ3) is 3.82. The summed E-state index contributed by atoms with van der Waals surface area (Å²) in [4.78, 5) is 4.06. The second kappa shape index (κ2) is 6.38. The number of halogens is 1. The standard InChI is InChI=1S/C13H19FN4O/c14-11-3-1-2-4-12(11)19-10-9-17-5-7-18(8-6-17)13(15)16/h1-4H,5-10H2,(H3,15,16). The Morgan fingerprint density at radius 2 is 1.95 bits per heavy atom. The number of piperazine rings is 1. The van der Waals surface area contributed by atoms with Gasteiger partial charge in [-0.1, -0.05) is 12.1 Å². The van der Waals surface area contributed by atoms with Crippen molar-refractivity contribution >= 4 is 5.96 Å². The fraction of sp³-hybridized carbons (Fsp3) is 0.462. The van der Waals surface area contributed by atoms with Crippen LogP contribution in [0, 0.1) is 11.2 Å². The molecule has 0 aromatic heterocycles. The number of para-hydroxylation sites is 1. The van der Waals surface area contributed by atoms with Gasteiger partial charge in [0.05, 0.1) is 0 Å². The van der Waals surface area contributed by atoms with Gasteiger partial charge in [-0.05, 0) is 12.1 Å². The SMILES string of the molecule is N=C(N)N1CCN(CCOc2ccccc2F)CC1. The van der Waals surface area contributed by atoms with Crippen LogP contribution in [-0.2, 0) is 0 Å². The van der Waals surface area contributed by atoms with Gasteiger partial charge in [0.2, 0.25) is 0 Å². The minimum Gasteiger partial charge on any atom is -0.489 e. The van der Waals surface area contributed by atoms with E-state index in [9.17, 15) is 4.39 Å². The Kier molecular flexibility index (Phi) is 4.57. The third-order valence-electron chi connectivity index (χ3n) is 3.21. The average molecular weight is 266 g/mol. The van der Waals surface area contributed by atoms with Gasteiger partial charge < -0.3 is 15.4 Å². The molecule has 1 aromatic carbocycles. The van der Waals surface area contributed by atoms with Gasteiger partial charge in [0.1, 0.15) is 6.61 Å². The molecule has 6 heteroatoms. The van der Waals surface area contributed by atoms with Crippen LogP contribution in [0.25, 0.3) is 0 Å². The lowest BCUT2D eigenvalue weighted by Crippen LogP contribution is -2.51. The van der Waals surface area contributed by atoms with Crippen LogP contribution in [0.3, 0.4) is 0 Å². The van der Waals surface area contributed by atoms with Gasteiger partial charge in [0.25, 0.3) is 0 Å². The largest absolute Gasteiger partial charge is 0.489 e. The highest BCUT2D eigenvalue weighted by atomic mass is 19.1. The molecule has 1 aliphatic rings. The highest BCUT2D eigenvalue weighted by molar-refractivity contribution is 5.74. The molecule has 104 valence electrons. The van der Waals surface area contributed by atoms with Crippen molar-refractivity contribution in [2.45, 2.75) is 0 Å². The average Bonchev–Trinajstić information content (AvgIpc) is 2.41. The summed E-state index contributed by atoms with van der Waals surface area (Å²) in [6, 6.07) is 6.41. The second-order valence-electron chi connectivity index (χ2n) is 4.49. The molecular formula is C13H19FN4O. The quantitative estimate of drug-likeness (QED) is 0.622. The van der Waals surface area contributed by atoms with Crippen molar-refractivity contribution in [2.75, 3.05) is 39.3 Å². The van der Waals surface area contributed by atoms with Crippen molar-refractivity contribution in [3.63, 3.8) is 0 Å². The predicted molar refractivity (Wildman–Crippen MR) is 71.8 cm³/mol. The van der Waals surface area contributed by atoms with Gasteiger partial charge in [0, 0.05) is 32.7 Å². The van der Waals surface area contributed by atoms with Gasteiger partial charge in [-0.25, -0.2) is 4.39 Å². The Hall–Kier alpha value is -1.82. The van der Waals surface area contributed by atoms with E-state index in [4.69, 9.17) is 15.9 Å². The molecule has 0 spiro atoms. The fourth-order valence-corrected chi connectivity index (χ4v) is 2.06. The van der Waals surface area contributed by atoms with Crippen LogP contribution in [0.4, 0.5) is 4.39 Å². The van der Waals surface area contributed by atoms with Crippen molar-refractivity contribution in [1.29, 1.82) is 5.41 Å². The lowest BCUT2D eigenvalue weighted by molar-refractivity contribution is 0.151. The van der Waals surface area contributed by atoms with E-state index in [-0.39, 0.29) is 11.8 Å². The summed E-state index contributed by atoms with van der Waals surface area (Å²) in [5, 5.41) is 7.35. The van der Waals surface area contributed by atoms with Gasteiger partial charge in [-0.3, -0.25) is 10.3 Å². The number of hydrogen-bond acceptors (Lipinski definition) is 3. The molecule has 0 unspecified atom stereocenters. The van der Waals surface area contributed by atoms with E-state index in [1.165, 1.54) is 6.07 Å². The first kappa shape index (κ1) is 13.6. The first-order valence-corrected chi connectivity index (χ1v) is 6.35. The molecule has 0 atom stereocenters. The van der Waals surface area contributed by atoms with Crippen LogP contribution >= 0.6 is 0 Å². The van der Waals surface area contributed by atoms with Crippen LogP contribution in [-0.4, -0.2) is 55.1 Å². The fourth-order valence-electron chi connectivity index (χ4n) is 2.06. The number of nitrogens with zero attached hydrogens (tertiary/aromatic N) is 2. The Morgan fingerprint density at radius 3 is 2.58 bits per heavy atom. The topological polar surface area (TPSA) is 65.6 Å². The third-order valence-corrected chi connectivity index (χ3v) is 3.21. The van der Waals surface area contributed by atoms with Crippen LogP contribution < -0.4 is 10.5 Å². The van der Waals surface area contributed by atoms with E-state index in [0.29, 0.717) is 12.4 Å². The van der Waals surface area contributed by atoms with E-state index in [1.807, 2.05) is 4.90 Å². The number of nitrogens with two attached hydrogens (primary N) is 1. The lowest BCUT2D eigenvalue weighted by Gasteiger charge is -2.34. The second-order valence-corrected chi connectivity index (χ2v) is 4.49. The highest BCUT2D eigenvalue weighted by Gasteiger charge is 2.17. The molecule has 0 bridgehead atoms. The molecule has 1 fully saturated rings. The zero-order valence-electron chi connectivity index (χ0n) is 10.8. The molecule has 0 amide bonds. The van der Waals surface area contributed by atoms with E-state index in [2.05, 4.69) is 4.90 Å². The van der Waals surface area contributed by atoms with Crippen LogP contribution in [0.1, 0.15) is 0 Å². The minimum absolute atomic E-state index is 0.127. The maximum atomic E-state index is 13.3. The molecule has 1 heterocycles. The van der Waals surface area contributed by atoms with Gasteiger partial charge in [-0.15, -0.1) is 0 Å². The molecule has 1 saturated heterocycles. The normalized spacial score (nSPS) is 16.4. The zero-order chi connectivity index (χ0) is 13.7. The number of guanidine groups is 1. The molecule has 0 radical (unpaired) electrons. The first-order chi connectivity index (χ1) is 9.16. The molecule has 5 nitrogen and oxygen atoms in total. The Bertz CT molecular complexity index is 432. The van der Waals surface area contributed by atoms with Crippen molar-refractivity contribution < 1.29 is 9.13 Å². The molecule has 0 aliphatic carbocycles. The summed E-state index contributed by atoms with van der Waals surface area (Å²) in [7, 11) is 0. The maximum Gasteiger partial charge on any atom is 0.188 e. The molecule has 19 heavy (non-hydrogen) atoms. The first-order valence-electron chi connectivity index (χ1n) is 6.35. The Morgan fingerprint density at radius 1 is 1.26 bits per heavy atom. The van der Waals surface area contributed by atoms with Crippen molar-refractivity contribution in [3.8, 4) is 5.75 Å². The van der Waals surface area contributed by atoms with Crippen molar-refractivity contribution in [3.05, 3.63) is 30.1 Å². The Balaban J connectivity index is 1.70. The van der Waals surface area contributed by atoms with E-state index in [0.717, 1.165) is 32.7 Å². The predicted octanol–water partition coefficient (Wildman–Crippen LogP) is 0.716. The summed E-state index contributed by atoms with van der Waals surface area (Å²) >= 11 is 0. The minimum atomic E-state index is -0.330. The van der Waals surface area contributed by atoms with Crippen LogP contribution in [0.15, 0.2) is 24.3 Å². The summed E-state index contributed by atoms with van der Waals surface area (Å²) in [6.45, 7) is 4.42. The van der Waals surface area contributed by atoms with E-state index >= 15 is 0 Å². The number of benzene rings is 1. The number of nitrogens with one attached hydrogen (secondary N) is 1. The molecule has 1 aromatic rings. The Labute approximate surface area is 112 Å². The van der Waals surface area contributed by atoms with Crippen LogP contribution in [0.5, 0.6) is 5.75 Å². The summed E-state index contributed by atoms with van der Waals surface area (Å²) < 4.78 is 18.7. The van der Waals surface area contributed by atoms with Crippen LogP contribution in [0.2, 0.25) is 0 Å². The summed E-state index contributed by atoms with van der Waals surface area (Å²) in [6.07, 6.45) is 0. The lowest BCUT2D eigenvalue weighted by atomic mass is 10.3. The van der Waals surface area contributed by atoms with E-state index in [1.54, 1.807) is 18.2 Å². The number of hydrogen-bond donors (Lipinski definition) is 2. The zero-order valence-corrected chi connectivity index (χ0v) is 10.8. The van der Waals surface area contributed by atoms with Gasteiger partial charge >= 0.3 is 0 Å². The monoisotopic (exact) mass is 266 g/mol. The van der Waals surface area contributed by atoms with Crippen molar-refractivity contribution in [2.24, 2.45) is 5.73 Å². The molecule has 3 N–H and O–H groups in total. The number of rotatable bonds is 4. The highest BCUT2D eigenvalue weighted by Crippen LogP contribution is 2.15. The van der Waals surface area contributed by atoms with Crippen molar-refractivity contribution in [1.82, 2.24) is 9.80 Å². The summed E-state index contributed by atoms with van der Waals surface area (Å²) in [5.74, 6) is 0.0935. The smallest absolute Gasteiger partial charge is 0.188 e. The van der Waals surface area contributed by atoms with Gasteiger partial charge in [-0.2, -0.15) is 0 Å². The maximum absolute atomic E-state index is 13.3. The number of ether oxygens (including phenoxy) is 1.